The van der Waals surface area contributed by atoms with Crippen LogP contribution in [0.25, 0.3) is 0 Å². The maximum Gasteiger partial charge on any atom is 0.251 e. The fraction of sp³-hybridized carbons (Fsp3) is 0.200. The van der Waals surface area contributed by atoms with E-state index in [0.29, 0.717) is 5.56 Å². The Morgan fingerprint density at radius 1 is 0.733 bits per heavy atom. The molecule has 5 nitrogen and oxygen atoms in total. The monoisotopic (exact) mass is 401 g/mol. The molecule has 0 fully saturated rings. The maximum atomic E-state index is 12.6. The average molecular weight is 402 g/mol. The van der Waals surface area contributed by atoms with Crippen LogP contribution in [-0.4, -0.2) is 18.4 Å². The molecule has 0 radical (unpaired) electrons. The standard InChI is InChI=1S/C25H27N3O2/c1-18(20-10-5-3-6-11-20)27-24(29)17-26-23-15-9-14-22(16-23)25(30)28-19(2)21-12-7-4-8-13-21/h3-16,18-19,26H,17H2,1-2H3,(H,27,29)(H,28,30). The van der Waals surface area contributed by atoms with Crippen molar-refractivity contribution in [1.29, 1.82) is 0 Å². The molecular weight excluding hydrogens is 374 g/mol. The van der Waals surface area contributed by atoms with Crippen LogP contribution in [0, 0.1) is 0 Å². The average Bonchev–Trinajstić information content (AvgIpc) is 2.79. The van der Waals surface area contributed by atoms with Gasteiger partial charge in [0, 0.05) is 11.3 Å². The molecule has 2 unspecified atom stereocenters. The first-order valence-corrected chi connectivity index (χ1v) is 10.1. The van der Waals surface area contributed by atoms with Crippen molar-refractivity contribution in [2.75, 3.05) is 11.9 Å². The lowest BCUT2D eigenvalue weighted by Crippen LogP contribution is -2.32. The molecule has 0 aromatic heterocycles. The number of carbonyl (C=O) groups is 2. The van der Waals surface area contributed by atoms with E-state index in [1.165, 1.54) is 0 Å². The summed E-state index contributed by atoms with van der Waals surface area (Å²) in [6, 6.07) is 26.6. The third kappa shape index (κ3) is 5.95. The van der Waals surface area contributed by atoms with E-state index in [2.05, 4.69) is 16.0 Å². The fourth-order valence-corrected chi connectivity index (χ4v) is 3.18. The molecule has 3 aromatic rings. The molecule has 0 aliphatic carbocycles. The van der Waals surface area contributed by atoms with Gasteiger partial charge in [-0.15, -0.1) is 0 Å². The highest BCUT2D eigenvalue weighted by Crippen LogP contribution is 2.15. The van der Waals surface area contributed by atoms with Gasteiger partial charge in [-0.1, -0.05) is 66.7 Å². The predicted octanol–water partition coefficient (Wildman–Crippen LogP) is 4.47. The molecule has 0 saturated carbocycles. The molecule has 154 valence electrons. The van der Waals surface area contributed by atoms with Crippen LogP contribution in [0.5, 0.6) is 0 Å². The van der Waals surface area contributed by atoms with Crippen molar-refractivity contribution in [2.24, 2.45) is 0 Å². The van der Waals surface area contributed by atoms with Gasteiger partial charge < -0.3 is 16.0 Å². The predicted molar refractivity (Wildman–Crippen MR) is 120 cm³/mol. The largest absolute Gasteiger partial charge is 0.376 e. The molecule has 0 heterocycles. The number of amides is 2. The molecule has 0 spiro atoms. The first-order chi connectivity index (χ1) is 14.5. The third-order valence-corrected chi connectivity index (χ3v) is 4.90. The summed E-state index contributed by atoms with van der Waals surface area (Å²) in [6.07, 6.45) is 0. The van der Waals surface area contributed by atoms with Crippen molar-refractivity contribution >= 4 is 17.5 Å². The van der Waals surface area contributed by atoms with E-state index in [9.17, 15) is 9.59 Å². The molecule has 0 aliphatic rings. The lowest BCUT2D eigenvalue weighted by Gasteiger charge is -2.16. The van der Waals surface area contributed by atoms with E-state index in [0.717, 1.165) is 16.8 Å². The first kappa shape index (κ1) is 21.1. The van der Waals surface area contributed by atoms with Crippen molar-refractivity contribution in [3.63, 3.8) is 0 Å². The molecule has 0 aliphatic heterocycles. The van der Waals surface area contributed by atoms with Crippen LogP contribution >= 0.6 is 0 Å². The van der Waals surface area contributed by atoms with Crippen LogP contribution in [-0.2, 0) is 4.79 Å². The van der Waals surface area contributed by atoms with Gasteiger partial charge >= 0.3 is 0 Å². The van der Waals surface area contributed by atoms with Crippen molar-refractivity contribution in [1.82, 2.24) is 10.6 Å². The zero-order chi connectivity index (χ0) is 21.3. The van der Waals surface area contributed by atoms with Gasteiger partial charge in [-0.3, -0.25) is 9.59 Å². The highest BCUT2D eigenvalue weighted by atomic mass is 16.2. The highest BCUT2D eigenvalue weighted by Gasteiger charge is 2.12. The third-order valence-electron chi connectivity index (χ3n) is 4.90. The van der Waals surface area contributed by atoms with Gasteiger partial charge in [0.15, 0.2) is 0 Å². The van der Waals surface area contributed by atoms with Crippen LogP contribution in [0.15, 0.2) is 84.9 Å². The Labute approximate surface area is 177 Å². The lowest BCUT2D eigenvalue weighted by atomic mass is 10.1. The summed E-state index contributed by atoms with van der Waals surface area (Å²) in [5.74, 6) is -0.268. The highest BCUT2D eigenvalue weighted by molar-refractivity contribution is 5.95. The topological polar surface area (TPSA) is 70.2 Å². The van der Waals surface area contributed by atoms with Gasteiger partial charge in [-0.05, 0) is 43.2 Å². The smallest absolute Gasteiger partial charge is 0.251 e. The van der Waals surface area contributed by atoms with Crippen LogP contribution < -0.4 is 16.0 Å². The quantitative estimate of drug-likeness (QED) is 0.522. The second-order valence-electron chi connectivity index (χ2n) is 7.24. The Hall–Kier alpha value is -3.60. The molecule has 0 saturated heterocycles. The first-order valence-electron chi connectivity index (χ1n) is 10.1. The Morgan fingerprint density at radius 2 is 1.30 bits per heavy atom. The summed E-state index contributed by atoms with van der Waals surface area (Å²) >= 11 is 0. The van der Waals surface area contributed by atoms with Gasteiger partial charge in [0.2, 0.25) is 5.91 Å². The summed E-state index contributed by atoms with van der Waals surface area (Å²) in [5, 5.41) is 9.06. The SMILES string of the molecule is CC(NC(=O)CNc1cccc(C(=O)NC(C)c2ccccc2)c1)c1ccccc1. The Morgan fingerprint density at radius 3 is 1.90 bits per heavy atom. The fourth-order valence-electron chi connectivity index (χ4n) is 3.18. The van der Waals surface area contributed by atoms with Crippen molar-refractivity contribution < 1.29 is 9.59 Å². The Bertz CT molecular complexity index is 974. The zero-order valence-corrected chi connectivity index (χ0v) is 17.3. The van der Waals surface area contributed by atoms with Crippen LogP contribution in [0.3, 0.4) is 0 Å². The van der Waals surface area contributed by atoms with Gasteiger partial charge in [0.25, 0.3) is 5.91 Å². The minimum atomic E-state index is -0.155. The van der Waals surface area contributed by atoms with Gasteiger partial charge in [0.05, 0.1) is 18.6 Å². The van der Waals surface area contributed by atoms with E-state index in [1.54, 1.807) is 18.2 Å². The molecule has 3 rings (SSSR count). The van der Waals surface area contributed by atoms with Crippen LogP contribution in [0.2, 0.25) is 0 Å². The molecule has 5 heteroatoms. The van der Waals surface area contributed by atoms with Gasteiger partial charge in [-0.2, -0.15) is 0 Å². The number of carbonyl (C=O) groups excluding carboxylic acids is 2. The number of hydrogen-bond acceptors (Lipinski definition) is 3. The van der Waals surface area contributed by atoms with Crippen LogP contribution in [0.1, 0.15) is 47.4 Å². The van der Waals surface area contributed by atoms with Crippen molar-refractivity contribution in [2.45, 2.75) is 25.9 Å². The van der Waals surface area contributed by atoms with Crippen molar-refractivity contribution in [3.05, 3.63) is 102 Å². The van der Waals surface area contributed by atoms with Crippen molar-refractivity contribution in [3.8, 4) is 0 Å². The van der Waals surface area contributed by atoms with Gasteiger partial charge in [0.1, 0.15) is 0 Å². The zero-order valence-electron chi connectivity index (χ0n) is 17.3. The molecule has 0 bridgehead atoms. The van der Waals surface area contributed by atoms with E-state index < -0.39 is 0 Å². The lowest BCUT2D eigenvalue weighted by molar-refractivity contribution is -0.120. The number of benzene rings is 3. The number of anilines is 1. The molecule has 3 N–H and O–H groups in total. The maximum absolute atomic E-state index is 12.6. The van der Waals surface area contributed by atoms with E-state index in [1.807, 2.05) is 80.6 Å². The molecule has 30 heavy (non-hydrogen) atoms. The minimum Gasteiger partial charge on any atom is -0.376 e. The molecule has 3 aromatic carbocycles. The molecular formula is C25H27N3O2. The summed E-state index contributed by atoms with van der Waals surface area (Å²) in [7, 11) is 0. The molecule has 2 amide bonds. The summed E-state index contributed by atoms with van der Waals surface area (Å²) in [5.41, 5.74) is 3.36. The van der Waals surface area contributed by atoms with Crippen LogP contribution in [0.4, 0.5) is 5.69 Å². The normalized spacial score (nSPS) is 12.5. The van der Waals surface area contributed by atoms with E-state index in [4.69, 9.17) is 0 Å². The van der Waals surface area contributed by atoms with E-state index in [-0.39, 0.29) is 30.4 Å². The summed E-state index contributed by atoms with van der Waals surface area (Å²) in [6.45, 7) is 4.03. The Balaban J connectivity index is 1.53. The summed E-state index contributed by atoms with van der Waals surface area (Å²) in [4.78, 5) is 24.9. The Kier molecular flexibility index (Phi) is 7.22. The minimum absolute atomic E-state index is 0.0721. The second-order valence-corrected chi connectivity index (χ2v) is 7.24. The van der Waals surface area contributed by atoms with Gasteiger partial charge in [-0.25, -0.2) is 0 Å². The number of rotatable bonds is 8. The summed E-state index contributed by atoms with van der Waals surface area (Å²) < 4.78 is 0. The number of nitrogens with one attached hydrogen (secondary N) is 3. The molecule has 2 atom stereocenters. The second kappa shape index (κ2) is 10.3. The van der Waals surface area contributed by atoms with E-state index >= 15 is 0 Å². The number of hydrogen-bond donors (Lipinski definition) is 3.